The number of halogens is 4. The molecule has 0 unspecified atom stereocenters. The van der Waals surface area contributed by atoms with Crippen LogP contribution in [0.4, 0.5) is 13.2 Å². The zero-order valence-corrected chi connectivity index (χ0v) is 13.6. The number of nitrogens with one attached hydrogen (secondary N) is 1. The summed E-state index contributed by atoms with van der Waals surface area (Å²) in [5.41, 5.74) is 0.0368. The summed E-state index contributed by atoms with van der Waals surface area (Å²) in [6, 6.07) is 4.42. The number of hydrogen-bond donors (Lipinski definition) is 2. The predicted octanol–water partition coefficient (Wildman–Crippen LogP) is 3.54. The number of hydrazine groups is 1. The lowest BCUT2D eigenvalue weighted by Crippen LogP contribution is -2.62. The second-order valence-electron chi connectivity index (χ2n) is 6.10. The summed E-state index contributed by atoms with van der Waals surface area (Å²) in [5, 5.41) is 10.8. The first-order valence-electron chi connectivity index (χ1n) is 7.53. The van der Waals surface area contributed by atoms with E-state index in [-0.39, 0.29) is 27.7 Å². The van der Waals surface area contributed by atoms with Crippen molar-refractivity contribution in [2.75, 3.05) is 0 Å². The van der Waals surface area contributed by atoms with Gasteiger partial charge in [-0.25, -0.2) is 5.01 Å². The molecule has 1 amide bonds. The number of fused-ring (bicyclic) bond motifs is 1. The van der Waals surface area contributed by atoms with E-state index in [1.165, 1.54) is 12.1 Å². The normalized spacial score (nSPS) is 26.7. The minimum Gasteiger partial charge on any atom is -0.362 e. The van der Waals surface area contributed by atoms with Gasteiger partial charge in [-0.3, -0.25) is 10.2 Å². The Hall–Kier alpha value is -1.73. The van der Waals surface area contributed by atoms with Gasteiger partial charge in [0.25, 0.3) is 11.6 Å². The van der Waals surface area contributed by atoms with Crippen LogP contribution in [-0.4, -0.2) is 27.9 Å². The van der Waals surface area contributed by atoms with Crippen molar-refractivity contribution in [1.29, 1.82) is 0 Å². The second kappa shape index (κ2) is 5.67. The maximum absolute atomic E-state index is 13.7. The van der Waals surface area contributed by atoms with Crippen molar-refractivity contribution in [3.05, 3.63) is 46.1 Å². The van der Waals surface area contributed by atoms with Crippen LogP contribution in [-0.2, 0) is 0 Å². The molecule has 130 valence electrons. The Kier molecular flexibility index (Phi) is 4.04. The summed E-state index contributed by atoms with van der Waals surface area (Å²) in [5.74, 6) is -2.24. The second-order valence-corrected chi connectivity index (χ2v) is 6.51. The molecular weight excluding hydrogens is 345 g/mol. The SMILES string of the molecule is Cc1ccc(C(=O)N2NC3=CCCC[C@H]3[C@]2(O)C(F)(F)F)c(Cl)c1. The summed E-state index contributed by atoms with van der Waals surface area (Å²) < 4.78 is 41.0. The molecule has 3 rings (SSSR count). The van der Waals surface area contributed by atoms with Crippen LogP contribution in [0.1, 0.15) is 35.2 Å². The predicted molar refractivity (Wildman–Crippen MR) is 81.9 cm³/mol. The Morgan fingerprint density at radius 2 is 2.17 bits per heavy atom. The first kappa shape index (κ1) is 17.1. The van der Waals surface area contributed by atoms with Gasteiger partial charge in [-0.15, -0.1) is 0 Å². The van der Waals surface area contributed by atoms with Gasteiger partial charge in [-0.2, -0.15) is 13.2 Å². The molecule has 1 saturated heterocycles. The molecule has 0 radical (unpaired) electrons. The van der Waals surface area contributed by atoms with Gasteiger partial charge >= 0.3 is 6.18 Å². The van der Waals surface area contributed by atoms with Crippen molar-refractivity contribution in [2.24, 2.45) is 5.92 Å². The van der Waals surface area contributed by atoms with E-state index in [1.54, 1.807) is 19.1 Å². The highest BCUT2D eigenvalue weighted by Gasteiger charge is 2.68. The molecule has 2 atom stereocenters. The van der Waals surface area contributed by atoms with E-state index in [9.17, 15) is 23.1 Å². The fourth-order valence-corrected chi connectivity index (χ4v) is 3.55. The summed E-state index contributed by atoms with van der Waals surface area (Å²) in [6.45, 7) is 1.75. The fourth-order valence-electron chi connectivity index (χ4n) is 3.23. The maximum Gasteiger partial charge on any atom is 0.439 e. The highest BCUT2D eigenvalue weighted by Crippen LogP contribution is 2.49. The number of carbonyl (C=O) groups is 1. The highest BCUT2D eigenvalue weighted by atomic mass is 35.5. The summed E-state index contributed by atoms with van der Waals surface area (Å²) in [7, 11) is 0. The van der Waals surface area contributed by atoms with Crippen molar-refractivity contribution in [1.82, 2.24) is 10.4 Å². The molecule has 0 aromatic heterocycles. The molecule has 1 heterocycles. The maximum atomic E-state index is 13.7. The van der Waals surface area contributed by atoms with E-state index in [0.29, 0.717) is 12.8 Å². The van der Waals surface area contributed by atoms with E-state index >= 15 is 0 Å². The molecule has 24 heavy (non-hydrogen) atoms. The van der Waals surface area contributed by atoms with Crippen molar-refractivity contribution in [3.8, 4) is 0 Å². The Balaban J connectivity index is 2.06. The van der Waals surface area contributed by atoms with Gasteiger partial charge in [0.2, 0.25) is 0 Å². The molecule has 1 aromatic rings. The van der Waals surface area contributed by atoms with Gasteiger partial charge in [-0.1, -0.05) is 23.7 Å². The Morgan fingerprint density at radius 1 is 1.46 bits per heavy atom. The molecule has 1 aromatic carbocycles. The number of amides is 1. The zero-order valence-electron chi connectivity index (χ0n) is 12.8. The van der Waals surface area contributed by atoms with Crippen molar-refractivity contribution >= 4 is 17.5 Å². The zero-order chi connectivity index (χ0) is 17.7. The van der Waals surface area contributed by atoms with Gasteiger partial charge < -0.3 is 5.11 Å². The van der Waals surface area contributed by atoms with Crippen molar-refractivity contribution in [2.45, 2.75) is 38.1 Å². The molecule has 1 fully saturated rings. The number of nitrogens with zero attached hydrogens (tertiary/aromatic N) is 1. The fraction of sp³-hybridized carbons (Fsp3) is 0.438. The van der Waals surface area contributed by atoms with E-state index < -0.39 is 23.7 Å². The monoisotopic (exact) mass is 360 g/mol. The minimum atomic E-state index is -5.01. The van der Waals surface area contributed by atoms with Crippen LogP contribution >= 0.6 is 11.6 Å². The lowest BCUT2D eigenvalue weighted by atomic mass is 9.84. The first-order chi connectivity index (χ1) is 11.2. The number of hydrogen-bond acceptors (Lipinski definition) is 3. The molecule has 1 aliphatic heterocycles. The molecule has 4 nitrogen and oxygen atoms in total. The van der Waals surface area contributed by atoms with Crippen LogP contribution in [0, 0.1) is 12.8 Å². The molecular formula is C16H16ClF3N2O2. The molecule has 8 heteroatoms. The minimum absolute atomic E-state index is 0.0372. The average molecular weight is 361 g/mol. The number of carbonyl (C=O) groups excluding carboxylic acids is 1. The molecule has 1 aliphatic carbocycles. The van der Waals surface area contributed by atoms with Crippen LogP contribution < -0.4 is 5.43 Å². The number of aliphatic hydroxyl groups is 1. The number of aryl methyl sites for hydroxylation is 1. The van der Waals surface area contributed by atoms with Crippen LogP contribution in [0.25, 0.3) is 0 Å². The molecule has 0 saturated carbocycles. The van der Waals surface area contributed by atoms with Crippen LogP contribution in [0.3, 0.4) is 0 Å². The molecule has 2 aliphatic rings. The van der Waals surface area contributed by atoms with E-state index in [2.05, 4.69) is 5.43 Å². The third kappa shape index (κ3) is 2.46. The van der Waals surface area contributed by atoms with E-state index in [0.717, 1.165) is 5.56 Å². The largest absolute Gasteiger partial charge is 0.439 e. The average Bonchev–Trinajstić information content (AvgIpc) is 2.81. The van der Waals surface area contributed by atoms with Gasteiger partial charge in [0.05, 0.1) is 16.5 Å². The molecule has 0 bridgehead atoms. The van der Waals surface area contributed by atoms with Crippen LogP contribution in [0.2, 0.25) is 5.02 Å². The third-order valence-corrected chi connectivity index (χ3v) is 4.79. The number of allylic oxidation sites excluding steroid dienone is 1. The molecule has 0 spiro atoms. The Labute approximate surface area is 141 Å². The summed E-state index contributed by atoms with van der Waals surface area (Å²) in [6.07, 6.45) is -2.17. The lowest BCUT2D eigenvalue weighted by Gasteiger charge is -2.37. The Morgan fingerprint density at radius 3 is 2.79 bits per heavy atom. The standard InChI is InChI=1S/C16H16ClF3N2O2/c1-9-6-7-10(12(17)8-9)14(23)22-15(24,16(18,19)20)11-4-2-3-5-13(11)21-22/h5-8,11,21,24H,2-4H2,1H3/t11-,15+/m1/s1. The van der Waals surface area contributed by atoms with Crippen LogP contribution in [0.5, 0.6) is 0 Å². The third-order valence-electron chi connectivity index (χ3n) is 4.48. The number of benzene rings is 1. The van der Waals surface area contributed by atoms with E-state index in [1.807, 2.05) is 0 Å². The van der Waals surface area contributed by atoms with Gasteiger partial charge in [0, 0.05) is 5.70 Å². The van der Waals surface area contributed by atoms with Gasteiger partial charge in [-0.05, 0) is 43.9 Å². The van der Waals surface area contributed by atoms with Crippen LogP contribution in [0.15, 0.2) is 30.0 Å². The smallest absolute Gasteiger partial charge is 0.362 e. The van der Waals surface area contributed by atoms with E-state index in [4.69, 9.17) is 11.6 Å². The van der Waals surface area contributed by atoms with Gasteiger partial charge in [0.15, 0.2) is 0 Å². The lowest BCUT2D eigenvalue weighted by molar-refractivity contribution is -0.314. The quantitative estimate of drug-likeness (QED) is 0.805. The first-order valence-corrected chi connectivity index (χ1v) is 7.90. The number of alkyl halides is 3. The summed E-state index contributed by atoms with van der Waals surface area (Å²) >= 11 is 6.01. The van der Waals surface area contributed by atoms with Crippen molar-refractivity contribution < 1.29 is 23.1 Å². The van der Waals surface area contributed by atoms with Gasteiger partial charge in [0.1, 0.15) is 0 Å². The van der Waals surface area contributed by atoms with Crippen molar-refractivity contribution in [3.63, 3.8) is 0 Å². The topological polar surface area (TPSA) is 52.6 Å². The highest BCUT2D eigenvalue weighted by molar-refractivity contribution is 6.33. The Bertz CT molecular complexity index is 720. The summed E-state index contributed by atoms with van der Waals surface area (Å²) in [4.78, 5) is 12.7. The number of rotatable bonds is 1. The molecule has 2 N–H and O–H groups in total.